The first kappa shape index (κ1) is 32.9. The number of amides is 2. The van der Waals surface area contributed by atoms with Gasteiger partial charge in [0.1, 0.15) is 12.4 Å². The molecule has 0 radical (unpaired) electrons. The third-order valence-corrected chi connectivity index (χ3v) is 5.91. The van der Waals surface area contributed by atoms with Crippen molar-refractivity contribution in [3.63, 3.8) is 0 Å². The molecular formula is C26H26F4N10O4. The Hall–Kier alpha value is -5.57. The zero-order valence-corrected chi connectivity index (χ0v) is 23.2. The molecule has 4 rings (SSSR count). The van der Waals surface area contributed by atoms with E-state index in [1.165, 1.54) is 36.0 Å². The number of nitrogens with two attached hydrogens (primary N) is 1. The number of fused-ring (bicyclic) bond motifs is 1. The highest BCUT2D eigenvalue weighted by atomic mass is 19.4. The van der Waals surface area contributed by atoms with Crippen molar-refractivity contribution < 1.29 is 37.1 Å². The van der Waals surface area contributed by atoms with E-state index >= 15 is 4.39 Å². The van der Waals surface area contributed by atoms with Crippen LogP contribution in [0.25, 0.3) is 16.9 Å². The molecule has 1 unspecified atom stereocenters. The molecule has 0 aliphatic heterocycles. The van der Waals surface area contributed by atoms with Gasteiger partial charge >= 0.3 is 6.18 Å². The van der Waals surface area contributed by atoms with Crippen LogP contribution < -0.4 is 21.7 Å². The molecule has 18 heteroatoms. The maximum Gasteiger partial charge on any atom is 0.435 e. The molecule has 14 nitrogen and oxygen atoms in total. The Labute approximate surface area is 246 Å². The summed E-state index contributed by atoms with van der Waals surface area (Å²) in [6.07, 6.45) is 0.262. The van der Waals surface area contributed by atoms with Crippen LogP contribution in [0.4, 0.5) is 29.1 Å². The Morgan fingerprint density at radius 2 is 1.98 bits per heavy atom. The number of nitrogens with one attached hydrogen (secondary N) is 3. The van der Waals surface area contributed by atoms with Crippen LogP contribution in [0.1, 0.15) is 28.5 Å². The second-order valence-corrected chi connectivity index (χ2v) is 9.12. The van der Waals surface area contributed by atoms with Gasteiger partial charge in [0.2, 0.25) is 5.91 Å². The number of aromatic nitrogens is 5. The zero-order valence-electron chi connectivity index (χ0n) is 23.2. The standard InChI is InChI=1S/C25H24F4N10O2.CH2O2/c1-13-7-15(8-17(26)20(13)24(41)35-14(2)10-33-19(40)9-31)36-22-23-34-11-18(39(23)6-4-32-22)16-12-38(5-3-30)37-21(16)25(27,28)29;2-1-3/h4,6-8,11-12,14H,5,9-10,31H2,1-2H3,(H,32,36)(H,33,40)(H,35,41);1H,(H,2,3). The quantitative estimate of drug-likeness (QED) is 0.137. The van der Waals surface area contributed by atoms with Crippen molar-refractivity contribution in [1.29, 1.82) is 5.26 Å². The molecular weight excluding hydrogens is 592 g/mol. The molecule has 0 saturated carbocycles. The fraction of sp³-hybridized carbons (Fsp3) is 0.269. The van der Waals surface area contributed by atoms with Crippen LogP contribution in [0, 0.1) is 24.1 Å². The van der Waals surface area contributed by atoms with E-state index in [0.29, 0.717) is 5.56 Å². The van der Waals surface area contributed by atoms with Crippen molar-refractivity contribution in [1.82, 2.24) is 34.8 Å². The number of benzene rings is 1. The Morgan fingerprint density at radius 3 is 2.59 bits per heavy atom. The number of hydrogen-bond donors (Lipinski definition) is 5. The molecule has 0 aliphatic carbocycles. The van der Waals surface area contributed by atoms with E-state index in [-0.39, 0.29) is 60.1 Å². The number of hydrogen-bond acceptors (Lipinski definition) is 9. The number of alkyl halides is 3. The Balaban J connectivity index is 0.00000169. The summed E-state index contributed by atoms with van der Waals surface area (Å²) in [5, 5.41) is 27.3. The molecule has 6 N–H and O–H groups in total. The first-order valence-corrected chi connectivity index (χ1v) is 12.6. The number of carbonyl (C=O) groups is 3. The predicted octanol–water partition coefficient (Wildman–Crippen LogP) is 2.22. The number of nitriles is 1. The topological polar surface area (TPSA) is 205 Å². The molecule has 44 heavy (non-hydrogen) atoms. The van der Waals surface area contributed by atoms with Crippen LogP contribution in [0.15, 0.2) is 36.9 Å². The van der Waals surface area contributed by atoms with Crippen molar-refractivity contribution in [2.45, 2.75) is 32.6 Å². The van der Waals surface area contributed by atoms with Gasteiger partial charge in [-0.1, -0.05) is 0 Å². The van der Waals surface area contributed by atoms with Gasteiger partial charge in [0.15, 0.2) is 17.2 Å². The van der Waals surface area contributed by atoms with Crippen molar-refractivity contribution in [2.24, 2.45) is 5.73 Å². The number of carbonyl (C=O) groups excluding carboxylic acids is 2. The number of nitrogens with zero attached hydrogens (tertiary/aromatic N) is 6. The first-order chi connectivity index (χ1) is 20.8. The molecule has 1 aromatic carbocycles. The van der Waals surface area contributed by atoms with E-state index < -0.39 is 35.5 Å². The minimum absolute atomic E-state index is 0.0492. The smallest absolute Gasteiger partial charge is 0.435 e. The van der Waals surface area contributed by atoms with E-state index in [0.717, 1.165) is 16.9 Å². The monoisotopic (exact) mass is 618 g/mol. The van der Waals surface area contributed by atoms with Gasteiger partial charge in [-0.15, -0.1) is 0 Å². The molecule has 1 atom stereocenters. The Bertz CT molecular complexity index is 1690. The van der Waals surface area contributed by atoms with Crippen molar-refractivity contribution in [3.05, 3.63) is 59.6 Å². The van der Waals surface area contributed by atoms with Crippen LogP contribution >= 0.6 is 0 Å². The van der Waals surface area contributed by atoms with Crippen LogP contribution in [0.5, 0.6) is 0 Å². The lowest BCUT2D eigenvalue weighted by Crippen LogP contribution is -2.43. The van der Waals surface area contributed by atoms with Crippen molar-refractivity contribution >= 4 is 35.4 Å². The fourth-order valence-corrected chi connectivity index (χ4v) is 4.10. The largest absolute Gasteiger partial charge is 0.483 e. The maximum atomic E-state index is 15.1. The molecule has 2 amide bonds. The molecule has 0 fully saturated rings. The highest BCUT2D eigenvalue weighted by molar-refractivity contribution is 5.96. The van der Waals surface area contributed by atoms with E-state index in [1.54, 1.807) is 13.0 Å². The molecule has 0 aliphatic rings. The lowest BCUT2D eigenvalue weighted by Gasteiger charge is -2.17. The summed E-state index contributed by atoms with van der Waals surface area (Å²) in [5.41, 5.74) is 4.26. The summed E-state index contributed by atoms with van der Waals surface area (Å²) < 4.78 is 58.4. The minimum atomic E-state index is -4.78. The number of carboxylic acid groups (broad SMARTS) is 1. The molecule has 4 aromatic rings. The van der Waals surface area contributed by atoms with Gasteiger partial charge in [-0.3, -0.25) is 23.5 Å². The van der Waals surface area contributed by atoms with Crippen LogP contribution in [0.3, 0.4) is 0 Å². The molecule has 3 heterocycles. The summed E-state index contributed by atoms with van der Waals surface area (Å²) in [7, 11) is 0. The molecule has 0 saturated heterocycles. The predicted molar refractivity (Wildman–Crippen MR) is 147 cm³/mol. The third kappa shape index (κ3) is 7.63. The summed E-state index contributed by atoms with van der Waals surface area (Å²) >= 11 is 0. The second kappa shape index (κ2) is 14.1. The SMILES string of the molecule is Cc1cc(Nc2nccn3c(-c4cn(CC#N)nc4C(F)(F)F)cnc23)cc(F)c1C(=O)NC(C)CNC(=O)CN.O=CO. The first-order valence-electron chi connectivity index (χ1n) is 12.6. The van der Waals surface area contributed by atoms with Crippen LogP contribution in [0.2, 0.25) is 0 Å². The van der Waals surface area contributed by atoms with Gasteiger partial charge in [0.05, 0.1) is 35.6 Å². The van der Waals surface area contributed by atoms with Gasteiger partial charge in [-0.2, -0.15) is 23.5 Å². The number of rotatable bonds is 9. The van der Waals surface area contributed by atoms with Crippen LogP contribution in [-0.4, -0.2) is 66.7 Å². The van der Waals surface area contributed by atoms with Gasteiger partial charge < -0.3 is 26.8 Å². The van der Waals surface area contributed by atoms with Crippen molar-refractivity contribution in [3.8, 4) is 17.3 Å². The summed E-state index contributed by atoms with van der Waals surface area (Å²) in [6.45, 7) is 2.44. The van der Waals surface area contributed by atoms with Gasteiger partial charge in [0, 0.05) is 36.9 Å². The lowest BCUT2D eigenvalue weighted by molar-refractivity contribution is -0.141. The number of imidazole rings is 1. The zero-order chi connectivity index (χ0) is 32.6. The maximum absolute atomic E-state index is 15.1. The highest BCUT2D eigenvalue weighted by Crippen LogP contribution is 2.37. The number of anilines is 2. The highest BCUT2D eigenvalue weighted by Gasteiger charge is 2.38. The van der Waals surface area contributed by atoms with Gasteiger partial charge in [-0.05, 0) is 31.5 Å². The van der Waals surface area contributed by atoms with Crippen molar-refractivity contribution in [2.75, 3.05) is 18.4 Å². The van der Waals surface area contributed by atoms with Crippen LogP contribution in [-0.2, 0) is 22.3 Å². The van der Waals surface area contributed by atoms with E-state index in [2.05, 4.69) is 31.0 Å². The third-order valence-electron chi connectivity index (χ3n) is 5.91. The average Bonchev–Trinajstić information content (AvgIpc) is 3.57. The Morgan fingerprint density at radius 1 is 1.27 bits per heavy atom. The van der Waals surface area contributed by atoms with E-state index in [4.69, 9.17) is 20.9 Å². The van der Waals surface area contributed by atoms with Gasteiger partial charge in [0.25, 0.3) is 12.4 Å². The fourth-order valence-electron chi connectivity index (χ4n) is 4.10. The lowest BCUT2D eigenvalue weighted by atomic mass is 10.1. The summed E-state index contributed by atoms with van der Waals surface area (Å²) in [4.78, 5) is 40.8. The normalized spacial score (nSPS) is 11.6. The second-order valence-electron chi connectivity index (χ2n) is 9.12. The number of halogens is 4. The van der Waals surface area contributed by atoms with Gasteiger partial charge in [-0.25, -0.2) is 14.4 Å². The molecule has 0 bridgehead atoms. The van der Waals surface area contributed by atoms with E-state index in [9.17, 15) is 22.8 Å². The molecule has 232 valence electrons. The molecule has 0 spiro atoms. The minimum Gasteiger partial charge on any atom is -0.483 e. The molecule has 3 aromatic heterocycles. The summed E-state index contributed by atoms with van der Waals surface area (Å²) in [6, 6.07) is 3.82. The summed E-state index contributed by atoms with van der Waals surface area (Å²) in [5.74, 6) is -1.81. The average molecular weight is 619 g/mol. The Kier molecular flexibility index (Phi) is 10.5. The van der Waals surface area contributed by atoms with E-state index in [1.807, 2.05) is 0 Å². The number of aryl methyl sites for hydroxylation is 1.